The van der Waals surface area contributed by atoms with Crippen molar-refractivity contribution in [3.63, 3.8) is 0 Å². The van der Waals surface area contributed by atoms with Gasteiger partial charge in [-0.1, -0.05) is 334 Å². The molecule has 2 unspecified atom stereocenters. The number of esters is 1. The Hall–Kier alpha value is -1.66. The Morgan fingerprint density at radius 3 is 0.947 bits per heavy atom. The van der Waals surface area contributed by atoms with Crippen molar-refractivity contribution < 1.29 is 24.5 Å². The lowest BCUT2D eigenvalue weighted by Gasteiger charge is -2.20. The summed E-state index contributed by atoms with van der Waals surface area (Å²) in [6.07, 6.45) is 81.0. The molecule has 0 aromatic rings. The van der Waals surface area contributed by atoms with Gasteiger partial charge in [0.1, 0.15) is 0 Å². The number of carbonyl (C=O) groups excluding carboxylic acids is 2. The highest BCUT2D eigenvalue weighted by molar-refractivity contribution is 5.76. The molecule has 0 aliphatic heterocycles. The molecular weight excluding hydrogens is 923 g/mol. The number of carbonyl (C=O) groups is 2. The van der Waals surface area contributed by atoms with Crippen LogP contribution in [0.5, 0.6) is 0 Å². The summed E-state index contributed by atoms with van der Waals surface area (Å²) in [6, 6.07) is -0.635. The minimum absolute atomic E-state index is 0.00989. The van der Waals surface area contributed by atoms with Gasteiger partial charge in [0.25, 0.3) is 0 Å². The second kappa shape index (κ2) is 64.9. The molecule has 0 rings (SSSR count). The van der Waals surface area contributed by atoms with Gasteiger partial charge >= 0.3 is 5.97 Å². The predicted molar refractivity (Wildman–Crippen MR) is 329 cm³/mol. The molecule has 6 nitrogen and oxygen atoms in total. The van der Waals surface area contributed by atoms with E-state index >= 15 is 0 Å². The average Bonchev–Trinajstić information content (AvgIpc) is 3.41. The maximum Gasteiger partial charge on any atom is 0.305 e. The van der Waals surface area contributed by atoms with Gasteiger partial charge < -0.3 is 20.3 Å². The summed E-state index contributed by atoms with van der Waals surface area (Å²) in [4.78, 5) is 24.6. The first kappa shape index (κ1) is 73.3. The molecule has 0 aliphatic carbocycles. The van der Waals surface area contributed by atoms with Crippen LogP contribution in [0.4, 0.5) is 0 Å². The largest absolute Gasteiger partial charge is 0.466 e. The lowest BCUT2D eigenvalue weighted by atomic mass is 10.0. The Balaban J connectivity index is 3.45. The van der Waals surface area contributed by atoms with Crippen molar-refractivity contribution in [1.29, 1.82) is 0 Å². The van der Waals surface area contributed by atoms with Gasteiger partial charge in [0.15, 0.2) is 0 Å². The molecule has 0 aromatic heterocycles. The molecule has 0 radical (unpaired) electrons. The summed E-state index contributed by atoms with van der Waals surface area (Å²) in [6.45, 7) is 4.93. The Morgan fingerprint density at radius 2 is 0.627 bits per heavy atom. The van der Waals surface area contributed by atoms with Crippen LogP contribution in [0.2, 0.25) is 0 Å². The molecule has 3 N–H and O–H groups in total. The maximum absolute atomic E-state index is 12.5. The Bertz CT molecular complexity index is 1170. The number of hydrogen-bond acceptors (Lipinski definition) is 5. The third-order valence-electron chi connectivity index (χ3n) is 16.0. The SMILES string of the molecule is CCCCCCCCCCCCCCCCCCCCCCCC/C=C/C(O)C(CO)NC(=O)CCCCCCCCC/C=C\CCCCCCCCCCCCOC(=O)CCCCCCCCCCCCCCC. The van der Waals surface area contributed by atoms with E-state index in [0.717, 1.165) is 44.9 Å². The molecule has 0 bridgehead atoms. The predicted octanol–water partition coefficient (Wildman–Crippen LogP) is 21.8. The number of hydrogen-bond donors (Lipinski definition) is 3. The zero-order chi connectivity index (χ0) is 54.3. The number of amides is 1. The highest BCUT2D eigenvalue weighted by Crippen LogP contribution is 2.18. The van der Waals surface area contributed by atoms with Crippen molar-refractivity contribution in [1.82, 2.24) is 5.32 Å². The van der Waals surface area contributed by atoms with Crippen LogP contribution in [0.15, 0.2) is 24.3 Å². The van der Waals surface area contributed by atoms with E-state index in [1.807, 2.05) is 6.08 Å². The number of unbranched alkanes of at least 4 members (excludes halogenated alkanes) is 51. The first-order chi connectivity index (χ1) is 37.0. The summed E-state index contributed by atoms with van der Waals surface area (Å²) in [5, 5.41) is 23.3. The van der Waals surface area contributed by atoms with E-state index in [2.05, 4.69) is 31.3 Å². The van der Waals surface area contributed by atoms with Gasteiger partial charge in [-0.25, -0.2) is 0 Å². The van der Waals surface area contributed by atoms with E-state index in [-0.39, 0.29) is 18.5 Å². The van der Waals surface area contributed by atoms with Crippen molar-refractivity contribution >= 4 is 11.9 Å². The van der Waals surface area contributed by atoms with Crippen LogP contribution in [0, 0.1) is 0 Å². The molecule has 0 saturated carbocycles. The topological polar surface area (TPSA) is 95.9 Å². The molecule has 0 aliphatic rings. The maximum atomic E-state index is 12.5. The third kappa shape index (κ3) is 61.4. The lowest BCUT2D eigenvalue weighted by molar-refractivity contribution is -0.143. The Morgan fingerprint density at radius 1 is 0.360 bits per heavy atom. The monoisotopic (exact) mass is 1060 g/mol. The molecule has 0 saturated heterocycles. The number of aliphatic hydroxyl groups excluding tert-OH is 2. The van der Waals surface area contributed by atoms with Crippen LogP contribution in [-0.4, -0.2) is 47.4 Å². The smallest absolute Gasteiger partial charge is 0.305 e. The minimum atomic E-state index is -0.851. The first-order valence-electron chi connectivity index (χ1n) is 34.1. The standard InChI is InChI=1S/C69H133NO5/c1-3-5-7-9-11-13-15-17-18-19-20-21-22-23-25-28-31-34-38-41-45-49-53-57-61-67(72)66(65-71)70-68(73)62-58-54-50-46-42-39-35-32-29-26-24-27-30-33-36-40-44-48-52-56-60-64-75-69(74)63-59-55-51-47-43-37-16-14-12-10-8-6-4-2/h26,29,57,61,66-67,71-72H,3-25,27-28,30-56,58-60,62-65H2,1-2H3,(H,70,73)/b29-26-,61-57+. The van der Waals surface area contributed by atoms with Gasteiger partial charge in [0.2, 0.25) is 5.91 Å². The van der Waals surface area contributed by atoms with Crippen molar-refractivity contribution in [3.8, 4) is 0 Å². The first-order valence-corrected chi connectivity index (χ1v) is 34.1. The van der Waals surface area contributed by atoms with Crippen LogP contribution in [0.1, 0.15) is 380 Å². The summed E-state index contributed by atoms with van der Waals surface area (Å²) in [5.41, 5.74) is 0. The molecule has 0 fully saturated rings. The molecular formula is C69H133NO5. The lowest BCUT2D eigenvalue weighted by Crippen LogP contribution is -2.45. The molecule has 0 spiro atoms. The van der Waals surface area contributed by atoms with Crippen LogP contribution in [-0.2, 0) is 14.3 Å². The molecule has 0 aromatic carbocycles. The van der Waals surface area contributed by atoms with Gasteiger partial charge in [0.05, 0.1) is 25.4 Å². The fourth-order valence-electron chi connectivity index (χ4n) is 10.7. The van der Waals surface area contributed by atoms with Crippen LogP contribution < -0.4 is 5.32 Å². The molecule has 1 amide bonds. The summed E-state index contributed by atoms with van der Waals surface area (Å²) < 4.78 is 5.48. The zero-order valence-electron chi connectivity index (χ0n) is 50.8. The summed E-state index contributed by atoms with van der Waals surface area (Å²) in [7, 11) is 0. The number of rotatable bonds is 64. The van der Waals surface area contributed by atoms with Crippen molar-refractivity contribution in [2.45, 2.75) is 392 Å². The average molecular weight is 1060 g/mol. The molecule has 2 atom stereocenters. The highest BCUT2D eigenvalue weighted by Gasteiger charge is 2.18. The Kier molecular flexibility index (Phi) is 63.4. The van der Waals surface area contributed by atoms with Gasteiger partial charge in [0, 0.05) is 12.8 Å². The van der Waals surface area contributed by atoms with Gasteiger partial charge in [-0.05, 0) is 57.8 Å². The second-order valence-corrected chi connectivity index (χ2v) is 23.5. The van der Waals surface area contributed by atoms with Gasteiger partial charge in [-0.3, -0.25) is 9.59 Å². The van der Waals surface area contributed by atoms with E-state index in [9.17, 15) is 19.8 Å². The Labute approximate surface area is 469 Å². The van der Waals surface area contributed by atoms with E-state index in [4.69, 9.17) is 4.74 Å². The van der Waals surface area contributed by atoms with Crippen LogP contribution in [0.3, 0.4) is 0 Å². The van der Waals surface area contributed by atoms with Crippen molar-refractivity contribution in [2.75, 3.05) is 13.2 Å². The summed E-state index contributed by atoms with van der Waals surface area (Å²) in [5.74, 6) is -0.0617. The van der Waals surface area contributed by atoms with E-state index in [0.29, 0.717) is 19.4 Å². The zero-order valence-corrected chi connectivity index (χ0v) is 50.8. The number of allylic oxidation sites excluding steroid dienone is 3. The number of aliphatic hydroxyl groups is 2. The second-order valence-electron chi connectivity index (χ2n) is 23.5. The van der Waals surface area contributed by atoms with E-state index < -0.39 is 12.1 Å². The third-order valence-corrected chi connectivity index (χ3v) is 16.0. The van der Waals surface area contributed by atoms with Crippen LogP contribution >= 0.6 is 0 Å². The normalized spacial score (nSPS) is 12.6. The number of nitrogens with one attached hydrogen (secondary N) is 1. The van der Waals surface area contributed by atoms with E-state index in [1.54, 1.807) is 6.08 Å². The fourth-order valence-corrected chi connectivity index (χ4v) is 10.7. The molecule has 6 heteroatoms. The quantitative estimate of drug-likeness (QED) is 0.0320. The number of ether oxygens (including phenoxy) is 1. The fraction of sp³-hybridized carbons (Fsp3) is 0.913. The summed E-state index contributed by atoms with van der Waals surface area (Å²) >= 11 is 0. The molecule has 444 valence electrons. The van der Waals surface area contributed by atoms with Crippen molar-refractivity contribution in [2.24, 2.45) is 0 Å². The molecule has 75 heavy (non-hydrogen) atoms. The highest BCUT2D eigenvalue weighted by atomic mass is 16.5. The van der Waals surface area contributed by atoms with E-state index in [1.165, 1.54) is 308 Å². The van der Waals surface area contributed by atoms with Crippen molar-refractivity contribution in [3.05, 3.63) is 24.3 Å². The van der Waals surface area contributed by atoms with Crippen LogP contribution in [0.25, 0.3) is 0 Å². The van der Waals surface area contributed by atoms with Gasteiger partial charge in [-0.2, -0.15) is 0 Å². The molecule has 0 heterocycles. The minimum Gasteiger partial charge on any atom is -0.466 e. The van der Waals surface area contributed by atoms with Gasteiger partial charge in [-0.15, -0.1) is 0 Å².